The first-order chi connectivity index (χ1) is 9.47. The standard InChI is InChI=1S/C13H13IN2O4/c1-3-16-12(18)9(15-13(16)19)5-7-4-8(14)11(17)10(6-7)20-2/h4-6,17H,3H2,1-2H3,(H,15,19). The fourth-order valence-corrected chi connectivity index (χ4v) is 2.48. The number of phenolic OH excluding ortho intramolecular Hbond substituents is 1. The Hall–Kier alpha value is -1.77. The molecule has 0 spiro atoms. The first-order valence-electron chi connectivity index (χ1n) is 5.89. The zero-order valence-corrected chi connectivity index (χ0v) is 13.1. The summed E-state index contributed by atoms with van der Waals surface area (Å²) < 4.78 is 5.65. The van der Waals surface area contributed by atoms with Crippen LogP contribution in [0.1, 0.15) is 12.5 Å². The molecule has 1 saturated heterocycles. The van der Waals surface area contributed by atoms with E-state index in [0.717, 1.165) is 4.90 Å². The lowest BCUT2D eigenvalue weighted by Crippen LogP contribution is -2.30. The molecule has 106 valence electrons. The molecule has 20 heavy (non-hydrogen) atoms. The maximum absolute atomic E-state index is 11.9. The molecule has 0 aromatic heterocycles. The van der Waals surface area contributed by atoms with Gasteiger partial charge in [0.1, 0.15) is 5.70 Å². The van der Waals surface area contributed by atoms with Gasteiger partial charge >= 0.3 is 6.03 Å². The molecule has 0 bridgehead atoms. The van der Waals surface area contributed by atoms with Crippen molar-refractivity contribution in [2.24, 2.45) is 0 Å². The summed E-state index contributed by atoms with van der Waals surface area (Å²) in [6.07, 6.45) is 1.56. The van der Waals surface area contributed by atoms with Crippen molar-refractivity contribution in [1.29, 1.82) is 0 Å². The van der Waals surface area contributed by atoms with Crippen LogP contribution in [0.25, 0.3) is 6.08 Å². The van der Waals surface area contributed by atoms with Crippen LogP contribution in [0.4, 0.5) is 4.79 Å². The molecular weight excluding hydrogens is 375 g/mol. The average Bonchev–Trinajstić information content (AvgIpc) is 2.68. The van der Waals surface area contributed by atoms with E-state index in [9.17, 15) is 14.7 Å². The summed E-state index contributed by atoms with van der Waals surface area (Å²) in [4.78, 5) is 24.6. The SMILES string of the molecule is CCN1C(=O)NC(=Cc2cc(I)c(O)c(OC)c2)C1=O. The van der Waals surface area contributed by atoms with Gasteiger partial charge in [-0.3, -0.25) is 9.69 Å². The van der Waals surface area contributed by atoms with Gasteiger partial charge in [0.2, 0.25) is 0 Å². The van der Waals surface area contributed by atoms with E-state index in [4.69, 9.17) is 4.74 Å². The number of ether oxygens (including phenoxy) is 1. The quantitative estimate of drug-likeness (QED) is 0.471. The van der Waals surface area contributed by atoms with Gasteiger partial charge in [0.15, 0.2) is 11.5 Å². The number of nitrogens with zero attached hydrogens (tertiary/aromatic N) is 1. The zero-order valence-electron chi connectivity index (χ0n) is 10.9. The van der Waals surface area contributed by atoms with E-state index in [0.29, 0.717) is 21.4 Å². The summed E-state index contributed by atoms with van der Waals surface area (Å²) in [5, 5.41) is 12.3. The smallest absolute Gasteiger partial charge is 0.328 e. The zero-order chi connectivity index (χ0) is 14.9. The van der Waals surface area contributed by atoms with Crippen molar-refractivity contribution >= 4 is 40.6 Å². The summed E-state index contributed by atoms with van der Waals surface area (Å²) >= 11 is 1.96. The third-order valence-electron chi connectivity index (χ3n) is 2.86. The summed E-state index contributed by atoms with van der Waals surface area (Å²) in [7, 11) is 1.45. The van der Waals surface area contributed by atoms with Gasteiger partial charge in [0.25, 0.3) is 5.91 Å². The molecule has 7 heteroatoms. The molecule has 6 nitrogen and oxygen atoms in total. The topological polar surface area (TPSA) is 78.9 Å². The van der Waals surface area contributed by atoms with Gasteiger partial charge in [-0.1, -0.05) is 0 Å². The second-order valence-corrected chi connectivity index (χ2v) is 5.25. The van der Waals surface area contributed by atoms with Crippen LogP contribution < -0.4 is 10.1 Å². The highest BCUT2D eigenvalue weighted by Crippen LogP contribution is 2.33. The van der Waals surface area contributed by atoms with Crippen molar-refractivity contribution in [2.75, 3.05) is 13.7 Å². The van der Waals surface area contributed by atoms with Crippen LogP contribution in [-0.4, -0.2) is 35.6 Å². The number of methoxy groups -OCH3 is 1. The predicted molar refractivity (Wildman–Crippen MR) is 81.3 cm³/mol. The summed E-state index contributed by atoms with van der Waals surface area (Å²) in [5.41, 5.74) is 0.867. The van der Waals surface area contributed by atoms with Crippen molar-refractivity contribution in [1.82, 2.24) is 10.2 Å². The molecule has 1 heterocycles. The summed E-state index contributed by atoms with van der Waals surface area (Å²) in [6.45, 7) is 2.05. The van der Waals surface area contributed by atoms with Crippen molar-refractivity contribution in [3.8, 4) is 11.5 Å². The first-order valence-corrected chi connectivity index (χ1v) is 6.96. The number of likely N-dealkylation sites (N-methyl/N-ethyl adjacent to an activating group) is 1. The number of carbonyl (C=O) groups is 2. The second-order valence-electron chi connectivity index (χ2n) is 4.09. The van der Waals surface area contributed by atoms with Crippen LogP contribution in [0.3, 0.4) is 0 Å². The molecule has 3 amide bonds. The van der Waals surface area contributed by atoms with Crippen molar-refractivity contribution in [3.63, 3.8) is 0 Å². The number of benzene rings is 1. The minimum atomic E-state index is -0.427. The van der Waals surface area contributed by atoms with Gasteiger partial charge in [-0.15, -0.1) is 0 Å². The number of urea groups is 1. The predicted octanol–water partition coefficient (Wildman–Crippen LogP) is 1.92. The molecule has 0 saturated carbocycles. The van der Waals surface area contributed by atoms with E-state index >= 15 is 0 Å². The van der Waals surface area contributed by atoms with E-state index in [1.165, 1.54) is 7.11 Å². The van der Waals surface area contributed by atoms with E-state index in [1.54, 1.807) is 25.1 Å². The molecule has 0 unspecified atom stereocenters. The van der Waals surface area contributed by atoms with Crippen molar-refractivity contribution < 1.29 is 19.4 Å². The Morgan fingerprint density at radius 2 is 2.15 bits per heavy atom. The number of imide groups is 1. The van der Waals surface area contributed by atoms with Gasteiger partial charge in [-0.25, -0.2) is 4.79 Å². The number of halogens is 1. The molecule has 1 aliphatic heterocycles. The van der Waals surface area contributed by atoms with Crippen LogP contribution in [0.2, 0.25) is 0 Å². The normalized spacial score (nSPS) is 16.8. The Morgan fingerprint density at radius 3 is 2.70 bits per heavy atom. The second kappa shape index (κ2) is 5.70. The molecule has 0 aliphatic carbocycles. The number of amides is 3. The number of aromatic hydroxyl groups is 1. The van der Waals surface area contributed by atoms with Crippen LogP contribution in [0.5, 0.6) is 11.5 Å². The van der Waals surface area contributed by atoms with Gasteiger partial charge < -0.3 is 15.2 Å². The largest absolute Gasteiger partial charge is 0.504 e. The number of carbonyl (C=O) groups excluding carboxylic acids is 2. The Balaban J connectivity index is 2.39. The van der Waals surface area contributed by atoms with Crippen LogP contribution in [-0.2, 0) is 4.79 Å². The van der Waals surface area contributed by atoms with Crippen LogP contribution >= 0.6 is 22.6 Å². The average molecular weight is 388 g/mol. The van der Waals surface area contributed by atoms with E-state index in [-0.39, 0.29) is 17.4 Å². The Kier molecular flexibility index (Phi) is 4.17. The van der Waals surface area contributed by atoms with E-state index in [1.807, 2.05) is 22.6 Å². The van der Waals surface area contributed by atoms with E-state index in [2.05, 4.69) is 5.32 Å². The van der Waals surface area contributed by atoms with Gasteiger partial charge in [0.05, 0.1) is 10.7 Å². The number of hydrogen-bond donors (Lipinski definition) is 2. The highest BCUT2D eigenvalue weighted by atomic mass is 127. The lowest BCUT2D eigenvalue weighted by molar-refractivity contribution is -0.122. The molecule has 0 atom stereocenters. The van der Waals surface area contributed by atoms with E-state index < -0.39 is 6.03 Å². The molecule has 0 radical (unpaired) electrons. The molecule has 1 aliphatic rings. The molecular formula is C13H13IN2O4. The summed E-state index contributed by atoms with van der Waals surface area (Å²) in [6, 6.07) is 2.86. The van der Waals surface area contributed by atoms with Crippen molar-refractivity contribution in [2.45, 2.75) is 6.92 Å². The van der Waals surface area contributed by atoms with Gasteiger partial charge in [-0.2, -0.15) is 0 Å². The van der Waals surface area contributed by atoms with Gasteiger partial charge in [0, 0.05) is 6.54 Å². The third-order valence-corrected chi connectivity index (χ3v) is 3.68. The molecule has 2 N–H and O–H groups in total. The Morgan fingerprint density at radius 1 is 1.45 bits per heavy atom. The highest BCUT2D eigenvalue weighted by Gasteiger charge is 2.32. The van der Waals surface area contributed by atoms with Gasteiger partial charge in [-0.05, 0) is 53.3 Å². The fraction of sp³-hybridized carbons (Fsp3) is 0.231. The number of nitrogens with one attached hydrogen (secondary N) is 1. The molecule has 2 rings (SSSR count). The Bertz CT molecular complexity index is 613. The lowest BCUT2D eigenvalue weighted by Gasteiger charge is -2.07. The monoisotopic (exact) mass is 388 g/mol. The Labute approximate surface area is 129 Å². The minimum Gasteiger partial charge on any atom is -0.504 e. The maximum atomic E-state index is 11.9. The third kappa shape index (κ3) is 2.58. The molecule has 1 aromatic rings. The number of hydrogen-bond acceptors (Lipinski definition) is 4. The maximum Gasteiger partial charge on any atom is 0.328 e. The van der Waals surface area contributed by atoms with Crippen molar-refractivity contribution in [3.05, 3.63) is 27.0 Å². The first kappa shape index (κ1) is 14.6. The summed E-state index contributed by atoms with van der Waals surface area (Å²) in [5.74, 6) is -0.000334. The molecule has 1 aromatic carbocycles. The van der Waals surface area contributed by atoms with Crippen LogP contribution in [0.15, 0.2) is 17.8 Å². The highest BCUT2D eigenvalue weighted by molar-refractivity contribution is 14.1. The number of rotatable bonds is 3. The lowest BCUT2D eigenvalue weighted by atomic mass is 10.1. The number of phenols is 1. The minimum absolute atomic E-state index is 0.0484. The van der Waals surface area contributed by atoms with Crippen LogP contribution in [0, 0.1) is 3.57 Å². The molecule has 1 fully saturated rings. The fourth-order valence-electron chi connectivity index (χ4n) is 1.86.